The van der Waals surface area contributed by atoms with Gasteiger partial charge in [0.1, 0.15) is 24.8 Å². The minimum atomic E-state index is -2.58. The van der Waals surface area contributed by atoms with Crippen molar-refractivity contribution < 1.29 is 28.5 Å². The van der Waals surface area contributed by atoms with E-state index in [1.54, 1.807) is 37.6 Å². The van der Waals surface area contributed by atoms with Crippen molar-refractivity contribution in [1.29, 1.82) is 0 Å². The molecule has 1 atom stereocenters. The summed E-state index contributed by atoms with van der Waals surface area (Å²) in [5, 5.41) is 12.7. The van der Waals surface area contributed by atoms with Crippen molar-refractivity contribution in [1.82, 2.24) is 30.0 Å². The van der Waals surface area contributed by atoms with Gasteiger partial charge in [-0.1, -0.05) is 36.6 Å². The molecule has 3 aromatic carbocycles. The van der Waals surface area contributed by atoms with Gasteiger partial charge in [-0.2, -0.15) is 4.98 Å². The summed E-state index contributed by atoms with van der Waals surface area (Å²) >= 11 is 3.55. The molecule has 0 aliphatic carbocycles. The maximum atomic E-state index is 13.2. The number of hydrogen-bond acceptors (Lipinski definition) is 13. The molecule has 356 valence electrons. The van der Waals surface area contributed by atoms with Crippen molar-refractivity contribution in [3.63, 3.8) is 0 Å². The monoisotopic (exact) mass is 1000 g/mol. The number of aromatic nitrogens is 2. The van der Waals surface area contributed by atoms with Crippen LogP contribution in [0.15, 0.2) is 77.9 Å². The first-order valence-electron chi connectivity index (χ1n) is 23.1. The van der Waals surface area contributed by atoms with Crippen molar-refractivity contribution in [2.45, 2.75) is 63.6 Å². The zero-order chi connectivity index (χ0) is 48.0. The first-order valence-corrected chi connectivity index (χ1v) is 26.5. The van der Waals surface area contributed by atoms with Gasteiger partial charge in [-0.3, -0.25) is 29.4 Å². The maximum absolute atomic E-state index is 13.2. The van der Waals surface area contributed by atoms with Gasteiger partial charge in [-0.15, -0.1) is 0 Å². The number of carbonyl (C=O) groups is 4. The van der Waals surface area contributed by atoms with Crippen LogP contribution in [0.1, 0.15) is 66.4 Å². The van der Waals surface area contributed by atoms with Gasteiger partial charge in [-0.25, -0.2) is 4.98 Å². The van der Waals surface area contributed by atoms with Crippen molar-refractivity contribution in [2.75, 3.05) is 87.1 Å². The summed E-state index contributed by atoms with van der Waals surface area (Å²) < 4.78 is 19.5. The van der Waals surface area contributed by atoms with Crippen LogP contribution >= 0.6 is 23.1 Å². The average molecular weight is 1010 g/mol. The van der Waals surface area contributed by atoms with Gasteiger partial charge in [0.05, 0.1) is 34.3 Å². The summed E-state index contributed by atoms with van der Waals surface area (Å²) in [4.78, 5) is 68.3. The molecule has 4 N–H and O–H groups in total. The van der Waals surface area contributed by atoms with Gasteiger partial charge in [0, 0.05) is 93.4 Å². The van der Waals surface area contributed by atoms with Crippen LogP contribution in [0.5, 0.6) is 5.75 Å². The molecule has 3 saturated heterocycles. The van der Waals surface area contributed by atoms with Crippen molar-refractivity contribution in [3.8, 4) is 17.6 Å². The number of nitrogens with zero attached hydrogens (tertiary/aromatic N) is 6. The predicted molar refractivity (Wildman–Crippen MR) is 270 cm³/mol. The molecule has 4 aromatic rings. The number of anilines is 6. The van der Waals surface area contributed by atoms with Gasteiger partial charge in [0.25, 0.3) is 5.91 Å². The molecule has 8 rings (SSSR count). The number of benzene rings is 3. The Balaban J connectivity index is 0.821. The minimum absolute atomic E-state index is 0.185. The standard InChI is InChI=1S/C50H58BrN10O6P/c1-5-45(62)53-39-29-40(55-50-52-31-37(51)47(57-50)54-38-16-9-10-17-44(38)68(3,4)66)43(67-2)30-42(39)60-23-20-34(21-24-60)59-27-25-58(26-28-59)22-11-7-6-8-13-33-14-12-15-35-36(33)32-61(49(35)65)41-18-19-46(63)56-48(41)64/h5,9-10,12,14-17,29-31,34,41H,1,6-7,11,18-28,32H2,2-4H3,(H,53,62)(H,56,63,64)(H2,52,54,55,57). The van der Waals surface area contributed by atoms with E-state index < -0.39 is 19.1 Å². The third kappa shape index (κ3) is 11.3. The van der Waals surface area contributed by atoms with E-state index in [1.807, 2.05) is 48.5 Å². The number of hydrogen-bond donors (Lipinski definition) is 4. The highest BCUT2D eigenvalue weighted by molar-refractivity contribution is 9.10. The molecule has 4 aliphatic heterocycles. The number of nitrogens with one attached hydrogen (secondary N) is 4. The molecule has 1 unspecified atom stereocenters. The van der Waals surface area contributed by atoms with Crippen LogP contribution in [-0.4, -0.2) is 127 Å². The fourth-order valence-electron chi connectivity index (χ4n) is 9.43. The predicted octanol–water partition coefficient (Wildman–Crippen LogP) is 6.68. The Bertz CT molecular complexity index is 2700. The third-order valence-electron chi connectivity index (χ3n) is 13.0. The molecule has 0 radical (unpaired) electrons. The van der Waals surface area contributed by atoms with E-state index in [-0.39, 0.29) is 30.1 Å². The van der Waals surface area contributed by atoms with Gasteiger partial charge < -0.3 is 40.0 Å². The molecule has 4 amide bonds. The van der Waals surface area contributed by atoms with Crippen LogP contribution in [0, 0.1) is 11.8 Å². The van der Waals surface area contributed by atoms with E-state index in [9.17, 15) is 23.7 Å². The topological polar surface area (TPSA) is 181 Å². The zero-order valence-electron chi connectivity index (χ0n) is 38.8. The molecular weight excluding hydrogens is 947 g/mol. The molecule has 16 nitrogen and oxygen atoms in total. The summed E-state index contributed by atoms with van der Waals surface area (Å²) in [6.45, 7) is 14.2. The SMILES string of the molecule is C=CC(=O)Nc1cc(Nc2ncc(Br)c(Nc3ccccc3P(C)(C)=O)n2)c(OC)cc1N1CCC(N2CCN(CCCCC#Cc3cccc4c3CN(C3CCC(=O)NC3=O)C4=O)CC2)CC1. The van der Waals surface area contributed by atoms with E-state index in [1.165, 1.54) is 6.08 Å². The molecule has 68 heavy (non-hydrogen) atoms. The highest BCUT2D eigenvalue weighted by Gasteiger charge is 2.40. The van der Waals surface area contributed by atoms with Gasteiger partial charge in [0.2, 0.25) is 23.7 Å². The number of piperazine rings is 1. The Kier molecular flexibility index (Phi) is 15.3. The first-order chi connectivity index (χ1) is 32.8. The smallest absolute Gasteiger partial charge is 0.255 e. The molecule has 0 saturated carbocycles. The van der Waals surface area contributed by atoms with E-state index in [4.69, 9.17) is 9.72 Å². The summed E-state index contributed by atoms with van der Waals surface area (Å²) in [7, 11) is -0.972. The normalized spacial score (nSPS) is 18.1. The first kappa shape index (κ1) is 48.4. The number of halogens is 1. The number of ether oxygens (including phenoxy) is 1. The van der Waals surface area contributed by atoms with Gasteiger partial charge in [-0.05, 0) is 110 Å². The summed E-state index contributed by atoms with van der Waals surface area (Å²) in [6.07, 6.45) is 8.22. The number of para-hydroxylation sites is 1. The third-order valence-corrected chi connectivity index (χ3v) is 15.2. The number of methoxy groups -OCH3 is 1. The van der Waals surface area contributed by atoms with Crippen LogP contribution in [0.25, 0.3) is 0 Å². The fourth-order valence-corrected chi connectivity index (χ4v) is 10.9. The molecule has 4 aliphatic rings. The summed E-state index contributed by atoms with van der Waals surface area (Å²) in [5.74, 6) is 6.73. The largest absolute Gasteiger partial charge is 0.494 e. The highest BCUT2D eigenvalue weighted by Crippen LogP contribution is 2.41. The van der Waals surface area contributed by atoms with Crippen molar-refractivity contribution >= 4 is 86.5 Å². The zero-order valence-corrected chi connectivity index (χ0v) is 41.3. The Labute approximate surface area is 406 Å². The van der Waals surface area contributed by atoms with Crippen LogP contribution in [0.2, 0.25) is 0 Å². The van der Waals surface area contributed by atoms with Crippen LogP contribution in [0.4, 0.5) is 34.5 Å². The van der Waals surface area contributed by atoms with E-state index in [0.717, 1.165) is 94.7 Å². The highest BCUT2D eigenvalue weighted by atomic mass is 79.9. The lowest BCUT2D eigenvalue weighted by atomic mass is 10.0. The van der Waals surface area contributed by atoms with Gasteiger partial charge >= 0.3 is 0 Å². The lowest BCUT2D eigenvalue weighted by Gasteiger charge is -2.43. The lowest BCUT2D eigenvalue weighted by Crippen LogP contribution is -2.53. The summed E-state index contributed by atoms with van der Waals surface area (Å²) in [5.41, 5.74) is 4.98. The number of unbranched alkanes of at least 4 members (excludes halogenated alkanes) is 2. The number of rotatable bonds is 15. The molecule has 0 spiro atoms. The molecule has 5 heterocycles. The maximum Gasteiger partial charge on any atom is 0.255 e. The number of carbonyl (C=O) groups excluding carboxylic acids is 4. The second-order valence-corrected chi connectivity index (χ2v) is 21.9. The van der Waals surface area contributed by atoms with Crippen molar-refractivity contribution in [3.05, 3.63) is 94.6 Å². The minimum Gasteiger partial charge on any atom is -0.494 e. The lowest BCUT2D eigenvalue weighted by molar-refractivity contribution is -0.137. The molecule has 3 fully saturated rings. The molecule has 18 heteroatoms. The number of amides is 4. The Morgan fingerprint density at radius 1 is 0.971 bits per heavy atom. The number of imide groups is 1. The van der Waals surface area contributed by atoms with Gasteiger partial charge in [0.15, 0.2) is 0 Å². The molecule has 1 aromatic heterocycles. The molecule has 0 bridgehead atoms. The number of fused-ring (bicyclic) bond motifs is 1. The second-order valence-electron chi connectivity index (χ2n) is 17.9. The fraction of sp³-hybridized carbons (Fsp3) is 0.400. The average Bonchev–Trinajstić information content (AvgIpc) is 3.67. The van der Waals surface area contributed by atoms with Crippen LogP contribution in [0.3, 0.4) is 0 Å². The van der Waals surface area contributed by atoms with Crippen LogP contribution in [-0.2, 0) is 25.5 Å². The Morgan fingerprint density at radius 2 is 1.75 bits per heavy atom. The summed E-state index contributed by atoms with van der Waals surface area (Å²) in [6, 6.07) is 16.6. The Morgan fingerprint density at radius 3 is 2.49 bits per heavy atom. The van der Waals surface area contributed by atoms with E-state index in [0.29, 0.717) is 63.0 Å². The molecular formula is C50H58BrN10O6P. The second kappa shape index (κ2) is 21.5. The number of piperidine rings is 2. The van der Waals surface area contributed by atoms with Crippen LogP contribution < -0.4 is 36.2 Å². The quantitative estimate of drug-likeness (QED) is 0.0326. The van der Waals surface area contributed by atoms with E-state index in [2.05, 4.69) is 75.3 Å². The Hall–Kier alpha value is -6.05. The van der Waals surface area contributed by atoms with Crippen molar-refractivity contribution in [2.24, 2.45) is 0 Å². The van der Waals surface area contributed by atoms with E-state index >= 15 is 0 Å².